The van der Waals surface area contributed by atoms with Crippen LogP contribution in [0.2, 0.25) is 0 Å². The molecule has 0 spiro atoms. The topological polar surface area (TPSA) is 79.4 Å². The second-order valence-corrected chi connectivity index (χ2v) is 10.5. The molecule has 0 saturated heterocycles. The van der Waals surface area contributed by atoms with Gasteiger partial charge in [-0.25, -0.2) is 8.42 Å². The van der Waals surface area contributed by atoms with Gasteiger partial charge in [0.2, 0.25) is 10.0 Å². The van der Waals surface area contributed by atoms with Crippen molar-refractivity contribution in [3.05, 3.63) is 89.7 Å². The van der Waals surface area contributed by atoms with E-state index in [1.54, 1.807) is 68.0 Å². The summed E-state index contributed by atoms with van der Waals surface area (Å²) >= 11 is 0. The molecule has 7 heteroatoms. The number of benzene rings is 2. The first-order valence-electron chi connectivity index (χ1n) is 9.94. The fourth-order valence-electron chi connectivity index (χ4n) is 3.05. The van der Waals surface area contributed by atoms with E-state index in [1.165, 1.54) is 4.31 Å². The molecule has 2 aromatic carbocycles. The van der Waals surface area contributed by atoms with Gasteiger partial charge >= 0.3 is 0 Å². The third kappa shape index (κ3) is 5.57. The maximum atomic E-state index is 12.9. The van der Waals surface area contributed by atoms with Crippen LogP contribution < -0.4 is 5.32 Å². The van der Waals surface area contributed by atoms with E-state index in [-0.39, 0.29) is 22.8 Å². The van der Waals surface area contributed by atoms with Crippen LogP contribution in [-0.4, -0.2) is 30.7 Å². The molecule has 1 heterocycles. The zero-order valence-electron chi connectivity index (χ0n) is 18.2. The Morgan fingerprint density at radius 3 is 2.19 bits per heavy atom. The SMILES string of the molecule is CN(Cc1ccc(C(=O)Nc2cccnc2)cc1)S(=O)(=O)c1ccc(C(C)(C)C)cc1. The Morgan fingerprint density at radius 2 is 1.65 bits per heavy atom. The van der Waals surface area contributed by atoms with Gasteiger partial charge in [0.05, 0.1) is 16.8 Å². The van der Waals surface area contributed by atoms with Crippen molar-refractivity contribution >= 4 is 21.6 Å². The average Bonchev–Trinajstić information content (AvgIpc) is 2.74. The van der Waals surface area contributed by atoms with Crippen molar-refractivity contribution in [1.29, 1.82) is 0 Å². The van der Waals surface area contributed by atoms with E-state index >= 15 is 0 Å². The van der Waals surface area contributed by atoms with E-state index in [0.29, 0.717) is 11.3 Å². The van der Waals surface area contributed by atoms with Crippen molar-refractivity contribution in [3.8, 4) is 0 Å². The molecule has 0 aliphatic carbocycles. The Hall–Kier alpha value is -3.03. The highest BCUT2D eigenvalue weighted by atomic mass is 32.2. The quantitative estimate of drug-likeness (QED) is 0.618. The van der Waals surface area contributed by atoms with Gasteiger partial charge in [-0.05, 0) is 52.9 Å². The third-order valence-corrected chi connectivity index (χ3v) is 6.79. The average molecular weight is 438 g/mol. The van der Waals surface area contributed by atoms with Crippen LogP contribution in [0.5, 0.6) is 0 Å². The van der Waals surface area contributed by atoms with Crippen molar-refractivity contribution in [1.82, 2.24) is 9.29 Å². The summed E-state index contributed by atoms with van der Waals surface area (Å²) in [5, 5.41) is 2.77. The standard InChI is InChI=1S/C24H27N3O3S/c1-24(2,3)20-11-13-22(14-12-20)31(29,30)27(4)17-18-7-9-19(10-8-18)23(28)26-21-6-5-15-25-16-21/h5-16H,17H2,1-4H3,(H,26,28). The molecule has 1 N–H and O–H groups in total. The fraction of sp³-hybridized carbons (Fsp3) is 0.250. The molecule has 1 aromatic heterocycles. The zero-order valence-corrected chi connectivity index (χ0v) is 19.0. The van der Waals surface area contributed by atoms with E-state index in [1.807, 2.05) is 12.1 Å². The first-order valence-corrected chi connectivity index (χ1v) is 11.4. The lowest BCUT2D eigenvalue weighted by atomic mass is 9.87. The number of sulfonamides is 1. The number of anilines is 1. The van der Waals surface area contributed by atoms with Crippen LogP contribution in [0.1, 0.15) is 42.3 Å². The Bertz CT molecular complexity index is 1140. The van der Waals surface area contributed by atoms with Crippen molar-refractivity contribution < 1.29 is 13.2 Å². The molecule has 0 atom stereocenters. The smallest absolute Gasteiger partial charge is 0.255 e. The first kappa shape index (κ1) is 22.7. The molecule has 31 heavy (non-hydrogen) atoms. The molecular formula is C24H27N3O3S. The first-order chi connectivity index (χ1) is 14.6. The molecule has 162 valence electrons. The van der Waals surface area contributed by atoms with Gasteiger partial charge in [0, 0.05) is 25.4 Å². The highest BCUT2D eigenvalue weighted by Gasteiger charge is 2.22. The molecule has 0 saturated carbocycles. The minimum Gasteiger partial charge on any atom is -0.321 e. The number of aromatic nitrogens is 1. The lowest BCUT2D eigenvalue weighted by molar-refractivity contribution is 0.102. The summed E-state index contributed by atoms with van der Waals surface area (Å²) in [6.07, 6.45) is 3.20. The molecule has 0 fully saturated rings. The number of nitrogens with one attached hydrogen (secondary N) is 1. The fourth-order valence-corrected chi connectivity index (χ4v) is 4.21. The summed E-state index contributed by atoms with van der Waals surface area (Å²) in [5.74, 6) is -0.250. The summed E-state index contributed by atoms with van der Waals surface area (Å²) in [6.45, 7) is 6.46. The second-order valence-electron chi connectivity index (χ2n) is 8.43. The van der Waals surface area contributed by atoms with Crippen LogP contribution in [0.3, 0.4) is 0 Å². The molecule has 3 rings (SSSR count). The lowest BCUT2D eigenvalue weighted by Gasteiger charge is -2.21. The number of carbonyl (C=O) groups excluding carboxylic acids is 1. The third-order valence-electron chi connectivity index (χ3n) is 4.97. The van der Waals surface area contributed by atoms with E-state index in [4.69, 9.17) is 0 Å². The van der Waals surface area contributed by atoms with Gasteiger partial charge in [-0.1, -0.05) is 45.0 Å². The van der Waals surface area contributed by atoms with Gasteiger partial charge < -0.3 is 5.32 Å². The molecule has 0 unspecified atom stereocenters. The number of hydrogen-bond donors (Lipinski definition) is 1. The Balaban J connectivity index is 1.68. The van der Waals surface area contributed by atoms with Gasteiger partial charge in [0.25, 0.3) is 5.91 Å². The van der Waals surface area contributed by atoms with Crippen LogP contribution in [0, 0.1) is 0 Å². The molecular weight excluding hydrogens is 410 g/mol. The van der Waals surface area contributed by atoms with Gasteiger partial charge in [-0.3, -0.25) is 9.78 Å². The van der Waals surface area contributed by atoms with Gasteiger partial charge in [-0.2, -0.15) is 4.31 Å². The molecule has 3 aromatic rings. The van der Waals surface area contributed by atoms with Crippen molar-refractivity contribution in [2.45, 2.75) is 37.6 Å². The molecule has 0 radical (unpaired) electrons. The number of nitrogens with zero attached hydrogens (tertiary/aromatic N) is 2. The zero-order chi connectivity index (χ0) is 22.6. The monoisotopic (exact) mass is 437 g/mol. The molecule has 6 nitrogen and oxygen atoms in total. The summed E-state index contributed by atoms with van der Waals surface area (Å²) in [6, 6.07) is 17.4. The van der Waals surface area contributed by atoms with Crippen molar-refractivity contribution in [2.75, 3.05) is 12.4 Å². The van der Waals surface area contributed by atoms with E-state index in [0.717, 1.165) is 11.1 Å². The summed E-state index contributed by atoms with van der Waals surface area (Å²) in [4.78, 5) is 16.6. The number of pyridine rings is 1. The Labute approximate surface area is 184 Å². The lowest BCUT2D eigenvalue weighted by Crippen LogP contribution is -2.26. The summed E-state index contributed by atoms with van der Waals surface area (Å²) in [7, 11) is -2.07. The number of carbonyl (C=O) groups is 1. The van der Waals surface area contributed by atoms with E-state index in [2.05, 4.69) is 31.1 Å². The molecule has 1 amide bonds. The van der Waals surface area contributed by atoms with Crippen molar-refractivity contribution in [3.63, 3.8) is 0 Å². The summed E-state index contributed by atoms with van der Waals surface area (Å²) in [5.41, 5.74) is 2.92. The predicted molar refractivity (Wildman–Crippen MR) is 122 cm³/mol. The minimum absolute atomic E-state index is 0.0424. The van der Waals surface area contributed by atoms with E-state index < -0.39 is 10.0 Å². The maximum Gasteiger partial charge on any atom is 0.255 e. The van der Waals surface area contributed by atoms with Gasteiger partial charge in [-0.15, -0.1) is 0 Å². The van der Waals surface area contributed by atoms with Gasteiger partial charge in [0.15, 0.2) is 0 Å². The number of amides is 1. The summed E-state index contributed by atoms with van der Waals surface area (Å²) < 4.78 is 27.2. The molecule has 0 aliphatic heterocycles. The maximum absolute atomic E-state index is 12.9. The second kappa shape index (κ2) is 8.99. The van der Waals surface area contributed by atoms with Crippen LogP contribution >= 0.6 is 0 Å². The van der Waals surface area contributed by atoms with Crippen LogP contribution in [0.25, 0.3) is 0 Å². The molecule has 0 aliphatic rings. The van der Waals surface area contributed by atoms with Crippen LogP contribution in [0.4, 0.5) is 5.69 Å². The Morgan fingerprint density at radius 1 is 1.00 bits per heavy atom. The van der Waals surface area contributed by atoms with E-state index in [9.17, 15) is 13.2 Å². The Kier molecular flexibility index (Phi) is 6.57. The molecule has 0 bridgehead atoms. The number of rotatable bonds is 6. The van der Waals surface area contributed by atoms with Crippen LogP contribution in [-0.2, 0) is 22.0 Å². The highest BCUT2D eigenvalue weighted by molar-refractivity contribution is 7.89. The largest absolute Gasteiger partial charge is 0.321 e. The van der Waals surface area contributed by atoms with Gasteiger partial charge in [0.1, 0.15) is 0 Å². The minimum atomic E-state index is -3.62. The highest BCUT2D eigenvalue weighted by Crippen LogP contribution is 2.25. The number of hydrogen-bond acceptors (Lipinski definition) is 4. The van der Waals surface area contributed by atoms with Crippen molar-refractivity contribution in [2.24, 2.45) is 0 Å². The normalized spacial score (nSPS) is 12.0. The predicted octanol–water partition coefficient (Wildman–Crippen LogP) is 4.45. The van der Waals surface area contributed by atoms with Crippen LogP contribution in [0.15, 0.2) is 78.0 Å².